The van der Waals surface area contributed by atoms with Crippen molar-refractivity contribution in [1.82, 2.24) is 15.3 Å². The fourth-order valence-corrected chi connectivity index (χ4v) is 7.45. The van der Waals surface area contributed by atoms with E-state index in [4.69, 9.17) is 9.97 Å². The number of nitrogens with one attached hydrogen (secondary N) is 1. The number of fused-ring (bicyclic) bond motifs is 6. The summed E-state index contributed by atoms with van der Waals surface area (Å²) in [6.45, 7) is 5.32. The van der Waals surface area contributed by atoms with Gasteiger partial charge in [0.2, 0.25) is 0 Å². The molecule has 1 N–H and O–H groups in total. The van der Waals surface area contributed by atoms with Crippen LogP contribution >= 0.6 is 11.3 Å². The van der Waals surface area contributed by atoms with Crippen molar-refractivity contribution in [2.75, 3.05) is 6.54 Å². The predicted octanol–water partition coefficient (Wildman–Crippen LogP) is 8.85. The van der Waals surface area contributed by atoms with Gasteiger partial charge in [0.15, 0.2) is 5.82 Å². The first-order valence-corrected chi connectivity index (χ1v) is 14.5. The fourth-order valence-electron chi connectivity index (χ4n) is 6.31. The van der Waals surface area contributed by atoms with Crippen LogP contribution in [0.25, 0.3) is 54.1 Å². The van der Waals surface area contributed by atoms with Crippen molar-refractivity contribution in [3.63, 3.8) is 0 Å². The second-order valence-corrected chi connectivity index (χ2v) is 12.2. The van der Waals surface area contributed by atoms with E-state index in [2.05, 4.69) is 110 Å². The molecule has 0 unspecified atom stereocenters. The summed E-state index contributed by atoms with van der Waals surface area (Å²) in [6.07, 6.45) is 4.45. The average molecular weight is 534 g/mol. The summed E-state index contributed by atoms with van der Waals surface area (Å²) < 4.78 is 2.66. The molecule has 2 aliphatic rings. The van der Waals surface area contributed by atoms with Crippen LogP contribution in [0, 0.1) is 0 Å². The highest BCUT2D eigenvalue weighted by Crippen LogP contribution is 2.50. The molecule has 0 atom stereocenters. The molecule has 8 rings (SSSR count). The van der Waals surface area contributed by atoms with Gasteiger partial charge in [-0.05, 0) is 34.9 Å². The van der Waals surface area contributed by atoms with E-state index in [-0.39, 0.29) is 5.41 Å². The number of nitrogens with zero attached hydrogens (tertiary/aromatic N) is 2. The molecule has 40 heavy (non-hydrogen) atoms. The van der Waals surface area contributed by atoms with E-state index in [1.54, 1.807) is 0 Å². The number of rotatable bonds is 3. The van der Waals surface area contributed by atoms with Crippen LogP contribution < -0.4 is 5.32 Å². The number of benzene rings is 4. The van der Waals surface area contributed by atoms with Gasteiger partial charge in [0.1, 0.15) is 0 Å². The predicted molar refractivity (Wildman–Crippen MR) is 168 cm³/mol. The second kappa shape index (κ2) is 8.73. The third kappa shape index (κ3) is 3.49. The van der Waals surface area contributed by atoms with E-state index in [9.17, 15) is 0 Å². The Morgan fingerprint density at radius 3 is 2.30 bits per heavy atom. The Kier molecular flexibility index (Phi) is 5.10. The Balaban J connectivity index is 1.26. The largest absolute Gasteiger partial charge is 0.379 e. The topological polar surface area (TPSA) is 37.8 Å². The summed E-state index contributed by atoms with van der Waals surface area (Å²) in [4.78, 5) is 10.4. The first-order valence-electron chi connectivity index (χ1n) is 13.7. The van der Waals surface area contributed by atoms with Gasteiger partial charge in [-0.15, -0.1) is 11.3 Å². The molecule has 4 aromatic carbocycles. The highest BCUT2D eigenvalue weighted by atomic mass is 32.1. The van der Waals surface area contributed by atoms with Crippen LogP contribution in [0.15, 0.2) is 109 Å². The van der Waals surface area contributed by atoms with Crippen LogP contribution in [0.4, 0.5) is 0 Å². The SMILES string of the molecule is CC1(C)c2ccccc2-c2nc(-c3ccccc3)nc(C3=CC=C(c4ccc5c(c4)sc4ccccc45)CN3)c21. The lowest BCUT2D eigenvalue weighted by Gasteiger charge is -2.26. The quantitative estimate of drug-likeness (QED) is 0.247. The van der Waals surface area contributed by atoms with Gasteiger partial charge in [-0.3, -0.25) is 0 Å². The molecular formula is C36H27N3S. The maximum absolute atomic E-state index is 5.21. The molecule has 0 saturated carbocycles. The van der Waals surface area contributed by atoms with Gasteiger partial charge in [-0.2, -0.15) is 0 Å². The fraction of sp³-hybridized carbons (Fsp3) is 0.111. The van der Waals surface area contributed by atoms with Crippen molar-refractivity contribution in [1.29, 1.82) is 0 Å². The number of hydrogen-bond donors (Lipinski definition) is 1. The molecule has 192 valence electrons. The highest BCUT2D eigenvalue weighted by Gasteiger charge is 2.40. The van der Waals surface area contributed by atoms with Gasteiger partial charge in [0.05, 0.1) is 17.1 Å². The summed E-state index contributed by atoms with van der Waals surface area (Å²) in [5.74, 6) is 0.759. The third-order valence-corrected chi connectivity index (χ3v) is 9.48. The maximum Gasteiger partial charge on any atom is 0.160 e. The molecule has 2 aromatic heterocycles. The van der Waals surface area contributed by atoms with E-state index >= 15 is 0 Å². The summed E-state index contributed by atoms with van der Waals surface area (Å²) >= 11 is 1.86. The molecule has 0 bridgehead atoms. The van der Waals surface area contributed by atoms with Crippen LogP contribution in [0.5, 0.6) is 0 Å². The van der Waals surface area contributed by atoms with Gasteiger partial charge in [-0.1, -0.05) is 105 Å². The van der Waals surface area contributed by atoms with Gasteiger partial charge >= 0.3 is 0 Å². The van der Waals surface area contributed by atoms with E-state index in [1.807, 2.05) is 29.5 Å². The zero-order valence-corrected chi connectivity index (χ0v) is 23.2. The van der Waals surface area contributed by atoms with Gasteiger partial charge in [0.25, 0.3) is 0 Å². The van der Waals surface area contributed by atoms with Crippen molar-refractivity contribution >= 4 is 42.8 Å². The molecule has 0 amide bonds. The molecule has 0 radical (unpaired) electrons. The minimum atomic E-state index is -0.199. The monoisotopic (exact) mass is 533 g/mol. The lowest BCUT2D eigenvalue weighted by molar-refractivity contribution is 0.651. The molecule has 1 aliphatic carbocycles. The van der Waals surface area contributed by atoms with Crippen molar-refractivity contribution in [3.05, 3.63) is 132 Å². The van der Waals surface area contributed by atoms with Crippen LogP contribution in [0.1, 0.15) is 36.2 Å². The van der Waals surface area contributed by atoms with Crippen LogP contribution in [-0.4, -0.2) is 16.5 Å². The molecule has 1 aliphatic heterocycles. The van der Waals surface area contributed by atoms with E-state index < -0.39 is 0 Å². The van der Waals surface area contributed by atoms with Crippen molar-refractivity contribution in [3.8, 4) is 22.6 Å². The molecule has 6 aromatic rings. The van der Waals surface area contributed by atoms with Gasteiger partial charge < -0.3 is 5.32 Å². The number of aromatic nitrogens is 2. The van der Waals surface area contributed by atoms with Crippen molar-refractivity contribution < 1.29 is 0 Å². The van der Waals surface area contributed by atoms with E-state index in [0.29, 0.717) is 0 Å². The summed E-state index contributed by atoms with van der Waals surface area (Å²) in [5.41, 5.74) is 10.1. The molecule has 3 heterocycles. The highest BCUT2D eigenvalue weighted by molar-refractivity contribution is 7.25. The maximum atomic E-state index is 5.21. The van der Waals surface area contributed by atoms with Crippen LogP contribution in [0.2, 0.25) is 0 Å². The zero-order chi connectivity index (χ0) is 26.8. The second-order valence-electron chi connectivity index (χ2n) is 11.1. The molecule has 3 nitrogen and oxygen atoms in total. The Labute approximate surface area is 237 Å². The number of hydrogen-bond acceptors (Lipinski definition) is 4. The Bertz CT molecular complexity index is 2030. The van der Waals surface area contributed by atoms with E-state index in [0.717, 1.165) is 35.0 Å². The number of allylic oxidation sites excluding steroid dienone is 2. The molecule has 0 saturated heterocycles. The minimum Gasteiger partial charge on any atom is -0.379 e. The molecule has 0 spiro atoms. The van der Waals surface area contributed by atoms with Crippen LogP contribution in [0.3, 0.4) is 0 Å². The Morgan fingerprint density at radius 1 is 0.700 bits per heavy atom. The number of thiophene rings is 1. The van der Waals surface area contributed by atoms with Crippen LogP contribution in [-0.2, 0) is 5.41 Å². The summed E-state index contributed by atoms with van der Waals surface area (Å²) in [7, 11) is 0. The lowest BCUT2D eigenvalue weighted by Crippen LogP contribution is -2.24. The number of dihydropyridines is 1. The summed E-state index contributed by atoms with van der Waals surface area (Å²) in [6, 6.07) is 34.5. The van der Waals surface area contributed by atoms with E-state index in [1.165, 1.54) is 48.0 Å². The summed E-state index contributed by atoms with van der Waals surface area (Å²) in [5, 5.41) is 6.40. The molecule has 4 heteroatoms. The minimum absolute atomic E-state index is 0.199. The lowest BCUT2D eigenvalue weighted by atomic mass is 9.81. The molecule has 0 fully saturated rings. The molecular weight excluding hydrogens is 506 g/mol. The standard InChI is InChI=1S/C36H27N3S/c1-36(2)28-14-8-6-13-27(28)33-32(36)34(39-35(38-33)22-10-4-3-5-11-22)29-19-17-24(21-37-29)23-16-18-26-25-12-7-9-15-30(25)40-31(26)20-23/h3-20,37H,21H2,1-2H3. The Morgan fingerprint density at radius 2 is 1.45 bits per heavy atom. The smallest absolute Gasteiger partial charge is 0.160 e. The van der Waals surface area contributed by atoms with Crippen molar-refractivity contribution in [2.24, 2.45) is 0 Å². The Hall–Kier alpha value is -4.54. The van der Waals surface area contributed by atoms with Crippen molar-refractivity contribution in [2.45, 2.75) is 19.3 Å². The normalized spacial score (nSPS) is 15.3. The zero-order valence-electron chi connectivity index (χ0n) is 22.4. The van der Waals surface area contributed by atoms with Gasteiger partial charge in [0, 0.05) is 48.8 Å². The first kappa shape index (κ1) is 23.4. The first-order chi connectivity index (χ1) is 19.6. The third-order valence-electron chi connectivity index (χ3n) is 8.35. The van der Waals surface area contributed by atoms with Gasteiger partial charge in [-0.25, -0.2) is 9.97 Å². The average Bonchev–Trinajstić information content (AvgIpc) is 3.49.